The first kappa shape index (κ1) is 19.7. The second-order valence-electron chi connectivity index (χ2n) is 7.71. The van der Waals surface area contributed by atoms with E-state index >= 15 is 0 Å². The fourth-order valence-corrected chi connectivity index (χ4v) is 3.02. The molecule has 0 atom stereocenters. The number of fused-ring (bicyclic) bond motifs is 1. The fraction of sp³-hybridized carbons (Fsp3) is 0.450. The van der Waals surface area contributed by atoms with Crippen LogP contribution in [-0.2, 0) is 12.0 Å². The van der Waals surface area contributed by atoms with Crippen molar-refractivity contribution in [2.24, 2.45) is 0 Å². The third-order valence-electron chi connectivity index (χ3n) is 4.61. The standard InChI is InChI=1S/C20H27N5O3/c1-20(2,3)25-17-14(12-21-25)18(26)23-19(22-17)24(4)10-9-13-7-8-15(27-5)16(11-13)28-6/h7-8,11-12H,9-10H2,1-6H3,(H,22,23,26). The molecule has 1 aromatic carbocycles. The first-order chi connectivity index (χ1) is 13.2. The van der Waals surface area contributed by atoms with Gasteiger partial charge < -0.3 is 14.4 Å². The Hall–Kier alpha value is -3.03. The lowest BCUT2D eigenvalue weighted by molar-refractivity contribution is 0.354. The van der Waals surface area contributed by atoms with Gasteiger partial charge in [0, 0.05) is 13.6 Å². The van der Waals surface area contributed by atoms with Crippen LogP contribution in [0.15, 0.2) is 29.2 Å². The summed E-state index contributed by atoms with van der Waals surface area (Å²) < 4.78 is 12.4. The van der Waals surface area contributed by atoms with Crippen molar-refractivity contribution in [1.29, 1.82) is 0 Å². The Morgan fingerprint density at radius 3 is 2.54 bits per heavy atom. The Morgan fingerprint density at radius 2 is 1.89 bits per heavy atom. The number of H-pyrrole nitrogens is 1. The van der Waals surface area contributed by atoms with Gasteiger partial charge in [0.1, 0.15) is 5.39 Å². The fourth-order valence-electron chi connectivity index (χ4n) is 3.02. The Bertz CT molecular complexity index is 1030. The van der Waals surface area contributed by atoms with Gasteiger partial charge in [0.05, 0.1) is 26.0 Å². The van der Waals surface area contributed by atoms with Gasteiger partial charge in [-0.3, -0.25) is 9.78 Å². The molecule has 8 nitrogen and oxygen atoms in total. The summed E-state index contributed by atoms with van der Waals surface area (Å²) in [6, 6.07) is 5.85. The van der Waals surface area contributed by atoms with E-state index in [1.54, 1.807) is 25.1 Å². The van der Waals surface area contributed by atoms with Crippen LogP contribution in [0.5, 0.6) is 11.5 Å². The van der Waals surface area contributed by atoms with Gasteiger partial charge in [-0.05, 0) is 44.9 Å². The largest absolute Gasteiger partial charge is 0.493 e. The number of hydrogen-bond donors (Lipinski definition) is 1. The van der Waals surface area contributed by atoms with Crippen LogP contribution in [0.4, 0.5) is 5.95 Å². The van der Waals surface area contributed by atoms with Crippen molar-refractivity contribution in [1.82, 2.24) is 19.7 Å². The lowest BCUT2D eigenvalue weighted by Crippen LogP contribution is -2.27. The SMILES string of the molecule is COc1ccc(CCN(C)c2nc3c(cnn3C(C)(C)C)c(=O)[nH]2)cc1OC. The number of methoxy groups -OCH3 is 2. The summed E-state index contributed by atoms with van der Waals surface area (Å²) in [6.07, 6.45) is 2.33. The van der Waals surface area contributed by atoms with Crippen LogP contribution in [0, 0.1) is 0 Å². The molecule has 0 fully saturated rings. The molecular formula is C20H27N5O3. The third kappa shape index (κ3) is 3.81. The number of hydrogen-bond acceptors (Lipinski definition) is 6. The Labute approximate surface area is 164 Å². The molecule has 0 saturated carbocycles. The highest BCUT2D eigenvalue weighted by atomic mass is 16.5. The number of nitrogens with zero attached hydrogens (tertiary/aromatic N) is 4. The van der Waals surface area contributed by atoms with Gasteiger partial charge in [-0.2, -0.15) is 10.1 Å². The monoisotopic (exact) mass is 385 g/mol. The van der Waals surface area contributed by atoms with Crippen molar-refractivity contribution in [3.8, 4) is 11.5 Å². The van der Waals surface area contributed by atoms with Crippen LogP contribution in [-0.4, -0.2) is 47.6 Å². The number of aromatic amines is 1. The van der Waals surface area contributed by atoms with Crippen LogP contribution >= 0.6 is 0 Å². The van der Waals surface area contributed by atoms with Crippen molar-refractivity contribution < 1.29 is 9.47 Å². The smallest absolute Gasteiger partial charge is 0.263 e. The predicted molar refractivity (Wildman–Crippen MR) is 110 cm³/mol. The highest BCUT2D eigenvalue weighted by Gasteiger charge is 2.20. The Kier molecular flexibility index (Phi) is 5.31. The van der Waals surface area contributed by atoms with E-state index in [1.807, 2.05) is 50.9 Å². The normalized spacial score (nSPS) is 11.6. The van der Waals surface area contributed by atoms with Gasteiger partial charge in [0.2, 0.25) is 5.95 Å². The molecule has 0 spiro atoms. The zero-order chi connectivity index (χ0) is 20.5. The second kappa shape index (κ2) is 7.53. The minimum absolute atomic E-state index is 0.187. The summed E-state index contributed by atoms with van der Waals surface area (Å²) in [5.74, 6) is 1.92. The summed E-state index contributed by atoms with van der Waals surface area (Å²) in [6.45, 7) is 6.77. The maximum Gasteiger partial charge on any atom is 0.263 e. The number of likely N-dealkylation sites (N-methyl/N-ethyl adjacent to an activating group) is 1. The van der Waals surface area contributed by atoms with Gasteiger partial charge >= 0.3 is 0 Å². The third-order valence-corrected chi connectivity index (χ3v) is 4.61. The van der Waals surface area contributed by atoms with E-state index in [4.69, 9.17) is 9.47 Å². The summed E-state index contributed by atoms with van der Waals surface area (Å²) in [5.41, 5.74) is 1.24. The highest BCUT2D eigenvalue weighted by Crippen LogP contribution is 2.28. The lowest BCUT2D eigenvalue weighted by Gasteiger charge is -2.21. The molecule has 0 radical (unpaired) electrons. The molecule has 0 bridgehead atoms. The summed E-state index contributed by atoms with van der Waals surface area (Å²) >= 11 is 0. The number of rotatable bonds is 6. The topological polar surface area (TPSA) is 85.3 Å². The minimum atomic E-state index is -0.266. The minimum Gasteiger partial charge on any atom is -0.493 e. The van der Waals surface area contributed by atoms with Crippen molar-refractivity contribution in [2.45, 2.75) is 32.7 Å². The van der Waals surface area contributed by atoms with Gasteiger partial charge in [0.25, 0.3) is 5.56 Å². The average Bonchev–Trinajstić information content (AvgIpc) is 3.10. The van der Waals surface area contributed by atoms with Crippen LogP contribution in [0.1, 0.15) is 26.3 Å². The Morgan fingerprint density at radius 1 is 1.18 bits per heavy atom. The molecule has 0 unspecified atom stereocenters. The first-order valence-electron chi connectivity index (χ1n) is 9.15. The molecule has 0 aliphatic rings. The van der Waals surface area contributed by atoms with E-state index in [1.165, 1.54) is 0 Å². The summed E-state index contributed by atoms with van der Waals surface area (Å²) in [5, 5.41) is 4.84. The maximum atomic E-state index is 12.5. The van der Waals surface area contributed by atoms with Crippen molar-refractivity contribution in [3.63, 3.8) is 0 Å². The molecule has 2 heterocycles. The molecule has 0 amide bonds. The van der Waals surface area contributed by atoms with Crippen molar-refractivity contribution >= 4 is 17.0 Å². The Balaban J connectivity index is 1.84. The molecule has 2 aromatic heterocycles. The lowest BCUT2D eigenvalue weighted by atomic mass is 10.1. The first-order valence-corrected chi connectivity index (χ1v) is 9.15. The number of aromatic nitrogens is 4. The maximum absolute atomic E-state index is 12.5. The molecule has 0 aliphatic heterocycles. The molecule has 0 saturated heterocycles. The summed E-state index contributed by atoms with van der Waals surface area (Å²) in [4.78, 5) is 21.9. The zero-order valence-corrected chi connectivity index (χ0v) is 17.2. The van der Waals surface area contributed by atoms with Gasteiger partial charge in [-0.15, -0.1) is 0 Å². The molecule has 150 valence electrons. The average molecular weight is 385 g/mol. The van der Waals surface area contributed by atoms with E-state index in [-0.39, 0.29) is 11.1 Å². The van der Waals surface area contributed by atoms with Crippen molar-refractivity contribution in [2.75, 3.05) is 32.7 Å². The second-order valence-corrected chi connectivity index (χ2v) is 7.71. The van der Waals surface area contributed by atoms with E-state index in [2.05, 4.69) is 15.1 Å². The number of anilines is 1. The van der Waals surface area contributed by atoms with Crippen LogP contribution in [0.2, 0.25) is 0 Å². The molecular weight excluding hydrogens is 358 g/mol. The van der Waals surface area contributed by atoms with Crippen LogP contribution < -0.4 is 19.9 Å². The molecule has 1 N–H and O–H groups in total. The number of ether oxygens (including phenoxy) is 2. The molecule has 28 heavy (non-hydrogen) atoms. The molecule has 0 aliphatic carbocycles. The van der Waals surface area contributed by atoms with Crippen LogP contribution in [0.25, 0.3) is 11.0 Å². The molecule has 3 aromatic rings. The van der Waals surface area contributed by atoms with E-state index in [9.17, 15) is 4.79 Å². The van der Waals surface area contributed by atoms with Gasteiger partial charge in [0.15, 0.2) is 17.1 Å². The van der Waals surface area contributed by atoms with E-state index in [0.29, 0.717) is 35.0 Å². The van der Waals surface area contributed by atoms with Gasteiger partial charge in [-0.1, -0.05) is 6.07 Å². The number of benzene rings is 1. The number of nitrogens with one attached hydrogen (secondary N) is 1. The highest BCUT2D eigenvalue weighted by molar-refractivity contribution is 5.74. The van der Waals surface area contributed by atoms with E-state index in [0.717, 1.165) is 12.0 Å². The van der Waals surface area contributed by atoms with Gasteiger partial charge in [-0.25, -0.2) is 4.68 Å². The van der Waals surface area contributed by atoms with Crippen molar-refractivity contribution in [3.05, 3.63) is 40.3 Å². The van der Waals surface area contributed by atoms with E-state index < -0.39 is 0 Å². The predicted octanol–water partition coefficient (Wildman–Crippen LogP) is 2.57. The molecule has 8 heteroatoms. The molecule has 3 rings (SSSR count). The van der Waals surface area contributed by atoms with Crippen LogP contribution in [0.3, 0.4) is 0 Å². The summed E-state index contributed by atoms with van der Waals surface area (Å²) in [7, 11) is 5.14. The zero-order valence-electron chi connectivity index (χ0n) is 17.2. The quantitative estimate of drug-likeness (QED) is 0.702.